The number of aryl methyl sites for hydroxylation is 1. The van der Waals surface area contributed by atoms with E-state index in [1.807, 2.05) is 6.07 Å². The zero-order valence-electron chi connectivity index (χ0n) is 12.8. The molecule has 24 heavy (non-hydrogen) atoms. The Bertz CT molecular complexity index is 803. The lowest BCUT2D eigenvalue weighted by Gasteiger charge is -2.04. The number of hydrogen-bond acceptors (Lipinski definition) is 5. The van der Waals surface area contributed by atoms with Crippen LogP contribution in [0, 0.1) is 5.82 Å². The molecule has 0 atom stereocenters. The lowest BCUT2D eigenvalue weighted by Crippen LogP contribution is -2.23. The molecule has 0 aliphatic rings. The zero-order valence-corrected chi connectivity index (χ0v) is 12.8. The lowest BCUT2D eigenvalue weighted by atomic mass is 10.2. The number of pyridine rings is 1. The number of benzene rings is 1. The molecule has 1 N–H and O–H groups in total. The van der Waals surface area contributed by atoms with Crippen molar-refractivity contribution in [1.82, 2.24) is 20.5 Å². The zero-order chi connectivity index (χ0) is 16.8. The Labute approximate surface area is 137 Å². The van der Waals surface area contributed by atoms with Gasteiger partial charge in [0.2, 0.25) is 17.7 Å². The predicted octanol–water partition coefficient (Wildman–Crippen LogP) is 2.52. The Hall–Kier alpha value is -3.09. The first-order valence-electron chi connectivity index (χ1n) is 7.44. The van der Waals surface area contributed by atoms with Gasteiger partial charge >= 0.3 is 0 Å². The molecule has 0 saturated heterocycles. The van der Waals surface area contributed by atoms with Crippen LogP contribution in [0.3, 0.4) is 0 Å². The van der Waals surface area contributed by atoms with Crippen LogP contribution in [0.2, 0.25) is 0 Å². The minimum absolute atomic E-state index is 0.138. The van der Waals surface area contributed by atoms with Gasteiger partial charge in [-0.25, -0.2) is 4.39 Å². The van der Waals surface area contributed by atoms with Crippen LogP contribution in [0.1, 0.15) is 17.9 Å². The smallest absolute Gasteiger partial charge is 0.249 e. The molecule has 122 valence electrons. The summed E-state index contributed by atoms with van der Waals surface area (Å²) in [6.45, 7) is 0.351. The first kappa shape index (κ1) is 15.8. The van der Waals surface area contributed by atoms with Gasteiger partial charge in [0, 0.05) is 31.8 Å². The SMILES string of the molecule is O=C(CCc1nnc(-c2cccnc2)o1)NCc1ccc(F)cc1. The van der Waals surface area contributed by atoms with Crippen molar-refractivity contribution in [1.29, 1.82) is 0 Å². The highest BCUT2D eigenvalue weighted by Gasteiger charge is 2.10. The van der Waals surface area contributed by atoms with Crippen molar-refractivity contribution in [3.05, 3.63) is 66.1 Å². The van der Waals surface area contributed by atoms with Crippen LogP contribution < -0.4 is 5.32 Å². The van der Waals surface area contributed by atoms with Crippen LogP contribution in [0.5, 0.6) is 0 Å². The number of amides is 1. The highest BCUT2D eigenvalue weighted by Crippen LogP contribution is 2.16. The van der Waals surface area contributed by atoms with Crippen molar-refractivity contribution in [2.45, 2.75) is 19.4 Å². The van der Waals surface area contributed by atoms with Crippen LogP contribution in [0.15, 0.2) is 53.2 Å². The number of carbonyl (C=O) groups is 1. The van der Waals surface area contributed by atoms with E-state index >= 15 is 0 Å². The molecule has 2 aromatic heterocycles. The van der Waals surface area contributed by atoms with E-state index in [9.17, 15) is 9.18 Å². The maximum atomic E-state index is 12.8. The predicted molar refractivity (Wildman–Crippen MR) is 84.1 cm³/mol. The third kappa shape index (κ3) is 4.22. The van der Waals surface area contributed by atoms with E-state index in [1.54, 1.807) is 30.6 Å². The van der Waals surface area contributed by atoms with Crippen molar-refractivity contribution in [2.75, 3.05) is 0 Å². The number of aromatic nitrogens is 3. The van der Waals surface area contributed by atoms with Gasteiger partial charge in [0.1, 0.15) is 5.82 Å². The maximum Gasteiger partial charge on any atom is 0.249 e. The van der Waals surface area contributed by atoms with Crippen molar-refractivity contribution >= 4 is 5.91 Å². The summed E-state index contributed by atoms with van der Waals surface area (Å²) in [7, 11) is 0. The van der Waals surface area contributed by atoms with E-state index in [1.165, 1.54) is 12.1 Å². The normalized spacial score (nSPS) is 10.5. The Morgan fingerprint density at radius 1 is 1.17 bits per heavy atom. The largest absolute Gasteiger partial charge is 0.421 e. The maximum absolute atomic E-state index is 12.8. The lowest BCUT2D eigenvalue weighted by molar-refractivity contribution is -0.121. The Morgan fingerprint density at radius 3 is 2.75 bits per heavy atom. The number of rotatable bonds is 6. The van der Waals surface area contributed by atoms with Crippen LogP contribution in [0.4, 0.5) is 4.39 Å². The Kier molecular flexibility index (Phi) is 4.90. The summed E-state index contributed by atoms with van der Waals surface area (Å²) in [6.07, 6.45) is 3.87. The highest BCUT2D eigenvalue weighted by molar-refractivity contribution is 5.76. The summed E-state index contributed by atoms with van der Waals surface area (Å²) >= 11 is 0. The molecule has 7 heteroatoms. The van der Waals surface area contributed by atoms with Gasteiger partial charge in [-0.05, 0) is 29.8 Å². The van der Waals surface area contributed by atoms with E-state index < -0.39 is 0 Å². The fraction of sp³-hybridized carbons (Fsp3) is 0.176. The minimum atomic E-state index is -0.300. The van der Waals surface area contributed by atoms with Gasteiger partial charge in [-0.3, -0.25) is 9.78 Å². The average molecular weight is 326 g/mol. The van der Waals surface area contributed by atoms with Gasteiger partial charge in [-0.2, -0.15) is 0 Å². The third-order valence-electron chi connectivity index (χ3n) is 3.34. The Balaban J connectivity index is 1.48. The molecular weight excluding hydrogens is 311 g/mol. The second kappa shape index (κ2) is 7.45. The number of halogens is 1. The summed E-state index contributed by atoms with van der Waals surface area (Å²) in [5.41, 5.74) is 1.57. The topological polar surface area (TPSA) is 80.9 Å². The number of carbonyl (C=O) groups excluding carboxylic acids is 1. The average Bonchev–Trinajstić information content (AvgIpc) is 3.09. The number of hydrogen-bond donors (Lipinski definition) is 1. The highest BCUT2D eigenvalue weighted by atomic mass is 19.1. The van der Waals surface area contributed by atoms with Crippen molar-refractivity contribution in [2.24, 2.45) is 0 Å². The summed E-state index contributed by atoms with van der Waals surface area (Å²) in [4.78, 5) is 15.8. The van der Waals surface area contributed by atoms with Crippen LogP contribution in [-0.2, 0) is 17.8 Å². The molecule has 0 unspecified atom stereocenters. The van der Waals surface area contributed by atoms with Gasteiger partial charge in [-0.15, -0.1) is 10.2 Å². The van der Waals surface area contributed by atoms with Gasteiger partial charge in [0.25, 0.3) is 0 Å². The molecule has 0 bridgehead atoms. The van der Waals surface area contributed by atoms with Crippen LogP contribution >= 0.6 is 0 Å². The molecule has 2 heterocycles. The monoisotopic (exact) mass is 326 g/mol. The molecule has 0 spiro atoms. The van der Waals surface area contributed by atoms with Crippen molar-refractivity contribution < 1.29 is 13.6 Å². The van der Waals surface area contributed by atoms with Crippen LogP contribution in [-0.4, -0.2) is 21.1 Å². The third-order valence-corrected chi connectivity index (χ3v) is 3.34. The molecule has 0 radical (unpaired) electrons. The van der Waals surface area contributed by atoms with E-state index in [4.69, 9.17) is 4.42 Å². The van der Waals surface area contributed by atoms with E-state index in [-0.39, 0.29) is 18.1 Å². The first-order chi connectivity index (χ1) is 11.7. The van der Waals surface area contributed by atoms with Gasteiger partial charge in [-0.1, -0.05) is 12.1 Å². The number of nitrogens with zero attached hydrogens (tertiary/aromatic N) is 3. The molecular formula is C17H15FN4O2. The molecule has 0 aliphatic heterocycles. The quantitative estimate of drug-likeness (QED) is 0.753. The molecule has 1 aromatic carbocycles. The van der Waals surface area contributed by atoms with E-state index in [2.05, 4.69) is 20.5 Å². The fourth-order valence-electron chi connectivity index (χ4n) is 2.07. The van der Waals surface area contributed by atoms with Gasteiger partial charge in [0.15, 0.2) is 0 Å². The minimum Gasteiger partial charge on any atom is -0.421 e. The standard InChI is InChI=1S/C17H15FN4O2/c18-14-5-3-12(4-6-14)10-20-15(23)7-8-16-21-22-17(24-16)13-2-1-9-19-11-13/h1-6,9,11H,7-8,10H2,(H,20,23). The second-order valence-electron chi connectivity index (χ2n) is 5.15. The second-order valence-corrected chi connectivity index (χ2v) is 5.15. The van der Waals surface area contributed by atoms with Gasteiger partial charge in [0.05, 0.1) is 5.56 Å². The molecule has 1 amide bonds. The van der Waals surface area contributed by atoms with E-state index in [0.29, 0.717) is 24.7 Å². The van der Waals surface area contributed by atoms with Crippen molar-refractivity contribution in [3.8, 4) is 11.5 Å². The Morgan fingerprint density at radius 2 is 2.00 bits per heavy atom. The molecule has 3 rings (SSSR count). The molecule has 0 fully saturated rings. The first-order valence-corrected chi connectivity index (χ1v) is 7.44. The molecule has 0 saturated carbocycles. The van der Waals surface area contributed by atoms with Crippen LogP contribution in [0.25, 0.3) is 11.5 Å². The van der Waals surface area contributed by atoms with E-state index in [0.717, 1.165) is 11.1 Å². The fourth-order valence-corrected chi connectivity index (χ4v) is 2.07. The van der Waals surface area contributed by atoms with Gasteiger partial charge < -0.3 is 9.73 Å². The summed E-state index contributed by atoms with van der Waals surface area (Å²) in [5, 5.41) is 10.6. The number of nitrogens with one attached hydrogen (secondary N) is 1. The summed E-state index contributed by atoms with van der Waals surface area (Å²) < 4.78 is 18.3. The molecule has 0 aliphatic carbocycles. The van der Waals surface area contributed by atoms with Crippen molar-refractivity contribution in [3.63, 3.8) is 0 Å². The molecule has 6 nitrogen and oxygen atoms in total. The summed E-state index contributed by atoms with van der Waals surface area (Å²) in [5.74, 6) is 0.335. The summed E-state index contributed by atoms with van der Waals surface area (Å²) in [6, 6.07) is 9.59. The molecule has 3 aromatic rings.